The Labute approximate surface area is 294 Å². The van der Waals surface area contributed by atoms with Crippen LogP contribution in [0.2, 0.25) is 0 Å². The molecule has 3 N–H and O–H groups in total. The summed E-state index contributed by atoms with van der Waals surface area (Å²) in [6.45, 7) is 0.877. The van der Waals surface area contributed by atoms with Crippen molar-refractivity contribution in [2.24, 2.45) is 0 Å². The maximum absolute atomic E-state index is 12.5. The standard InChI is InChI=1S/C40H37N3O4S2/c44-25-28-14-16-30(17-15-28)36-22-33(26-48-40-43-35-12-6-7-13-37(35)49-40)46-38(47-36)31-20-18-29(19-21-31)34-11-5-4-10-32(34)24-42-39(45)41-23-27-8-2-1-3-9-27/h1-21,33,36,38,44H,22-26H2,(H2,41,42,45). The number of carbonyl (C=O) groups is 1. The molecule has 5 aromatic carbocycles. The van der Waals surface area contributed by atoms with Gasteiger partial charge in [-0.05, 0) is 45.5 Å². The number of hydrogen-bond acceptors (Lipinski definition) is 7. The fourth-order valence-corrected chi connectivity index (χ4v) is 8.00. The van der Waals surface area contributed by atoms with Crippen molar-refractivity contribution in [1.82, 2.24) is 15.6 Å². The van der Waals surface area contributed by atoms with Gasteiger partial charge >= 0.3 is 6.03 Å². The van der Waals surface area contributed by atoms with Crippen LogP contribution in [-0.4, -0.2) is 28.0 Å². The zero-order chi connectivity index (χ0) is 33.4. The average Bonchev–Trinajstić information content (AvgIpc) is 3.59. The Morgan fingerprint density at radius 2 is 1.49 bits per heavy atom. The number of nitrogens with zero attached hydrogens (tertiary/aromatic N) is 1. The van der Waals surface area contributed by atoms with Gasteiger partial charge in [-0.2, -0.15) is 0 Å². The van der Waals surface area contributed by atoms with Crippen LogP contribution in [0.15, 0.2) is 132 Å². The molecule has 0 spiro atoms. The summed E-state index contributed by atoms with van der Waals surface area (Å²) in [5.74, 6) is 0.752. The fraction of sp³-hybridized carbons (Fsp3) is 0.200. The molecule has 3 unspecified atom stereocenters. The van der Waals surface area contributed by atoms with Gasteiger partial charge in [-0.15, -0.1) is 11.3 Å². The minimum atomic E-state index is -0.545. The van der Waals surface area contributed by atoms with Crippen LogP contribution in [0.3, 0.4) is 0 Å². The molecule has 9 heteroatoms. The van der Waals surface area contributed by atoms with Crippen molar-refractivity contribution in [3.05, 3.63) is 155 Å². The van der Waals surface area contributed by atoms with Gasteiger partial charge in [0.25, 0.3) is 0 Å². The SMILES string of the molecule is O=C(NCc1ccccc1)NCc1ccccc1-c1ccc(C2OC(CSc3nc4ccccc4s3)CC(c3ccc(CO)cc3)O2)cc1. The Hall–Kier alpha value is -4.51. The zero-order valence-corrected chi connectivity index (χ0v) is 28.5. The lowest BCUT2D eigenvalue weighted by molar-refractivity contribution is -0.245. The van der Waals surface area contributed by atoms with E-state index in [0.717, 1.165) is 54.6 Å². The molecule has 0 radical (unpaired) electrons. The molecule has 1 fully saturated rings. The molecule has 0 aliphatic carbocycles. The molecule has 1 aliphatic heterocycles. The lowest BCUT2D eigenvalue weighted by atomic mass is 9.98. The highest BCUT2D eigenvalue weighted by molar-refractivity contribution is 8.01. The number of thiazole rings is 1. The Bertz CT molecular complexity index is 1950. The fourth-order valence-electron chi connectivity index (χ4n) is 5.89. The van der Waals surface area contributed by atoms with Gasteiger partial charge in [0.1, 0.15) is 0 Å². The van der Waals surface area contributed by atoms with E-state index in [9.17, 15) is 9.90 Å². The van der Waals surface area contributed by atoms with E-state index in [-0.39, 0.29) is 24.8 Å². The van der Waals surface area contributed by atoms with E-state index >= 15 is 0 Å². The summed E-state index contributed by atoms with van der Waals surface area (Å²) in [7, 11) is 0. The number of nitrogens with one attached hydrogen (secondary N) is 2. The largest absolute Gasteiger partial charge is 0.392 e. The van der Waals surface area contributed by atoms with Crippen molar-refractivity contribution in [2.45, 2.75) is 49.0 Å². The van der Waals surface area contributed by atoms with Gasteiger partial charge < -0.3 is 25.2 Å². The van der Waals surface area contributed by atoms with E-state index in [1.165, 1.54) is 4.70 Å². The van der Waals surface area contributed by atoms with E-state index in [2.05, 4.69) is 47.0 Å². The Morgan fingerprint density at radius 3 is 2.29 bits per heavy atom. The molecule has 1 saturated heterocycles. The molecule has 2 heterocycles. The first-order valence-corrected chi connectivity index (χ1v) is 18.1. The third-order valence-electron chi connectivity index (χ3n) is 8.53. The first kappa shape index (κ1) is 33.0. The molecule has 49 heavy (non-hydrogen) atoms. The first-order chi connectivity index (χ1) is 24.1. The molecule has 0 saturated carbocycles. The number of carbonyl (C=O) groups excluding carboxylic acids is 1. The maximum atomic E-state index is 12.5. The lowest BCUT2D eigenvalue weighted by Crippen LogP contribution is -2.34. The van der Waals surface area contributed by atoms with Crippen LogP contribution in [0.4, 0.5) is 4.79 Å². The molecule has 1 aromatic heterocycles. The Balaban J connectivity index is 1.04. The maximum Gasteiger partial charge on any atom is 0.315 e. The summed E-state index contributed by atoms with van der Waals surface area (Å²) in [6, 6.07) is 42.2. The number of aliphatic hydroxyl groups excluding tert-OH is 1. The number of para-hydroxylation sites is 1. The Kier molecular flexibility index (Phi) is 10.6. The molecule has 0 bridgehead atoms. The molecular formula is C40H37N3O4S2. The molecule has 7 rings (SSSR count). The van der Waals surface area contributed by atoms with E-state index in [1.807, 2.05) is 91.0 Å². The minimum absolute atomic E-state index is 0.00592. The molecule has 7 nitrogen and oxygen atoms in total. The van der Waals surface area contributed by atoms with E-state index in [1.54, 1.807) is 23.1 Å². The van der Waals surface area contributed by atoms with Crippen LogP contribution in [0, 0.1) is 0 Å². The van der Waals surface area contributed by atoms with Crippen LogP contribution < -0.4 is 10.6 Å². The monoisotopic (exact) mass is 687 g/mol. The van der Waals surface area contributed by atoms with Crippen molar-refractivity contribution in [2.75, 3.05) is 5.75 Å². The van der Waals surface area contributed by atoms with Gasteiger partial charge in [0.2, 0.25) is 0 Å². The summed E-state index contributed by atoms with van der Waals surface area (Å²) >= 11 is 3.43. The highest BCUT2D eigenvalue weighted by atomic mass is 32.2. The second kappa shape index (κ2) is 15.8. The van der Waals surface area contributed by atoms with Gasteiger partial charge in [0, 0.05) is 30.8 Å². The smallest absolute Gasteiger partial charge is 0.315 e. The summed E-state index contributed by atoms with van der Waals surface area (Å²) in [4.78, 5) is 17.4. The van der Waals surface area contributed by atoms with Crippen LogP contribution in [-0.2, 0) is 29.2 Å². The number of benzene rings is 5. The normalized spacial score (nSPS) is 17.5. The van der Waals surface area contributed by atoms with Crippen LogP contribution in [0.25, 0.3) is 21.3 Å². The number of amides is 2. The van der Waals surface area contributed by atoms with Gasteiger partial charge in [-0.1, -0.05) is 127 Å². The van der Waals surface area contributed by atoms with Crippen molar-refractivity contribution < 1.29 is 19.4 Å². The summed E-state index contributed by atoms with van der Waals surface area (Å²) < 4.78 is 15.4. The van der Waals surface area contributed by atoms with Gasteiger partial charge in [-0.25, -0.2) is 9.78 Å². The number of hydrogen-bond donors (Lipinski definition) is 3. The van der Waals surface area contributed by atoms with Crippen LogP contribution in [0.1, 0.15) is 46.6 Å². The predicted molar refractivity (Wildman–Crippen MR) is 196 cm³/mol. The molecule has 6 aromatic rings. The highest BCUT2D eigenvalue weighted by Crippen LogP contribution is 2.40. The van der Waals surface area contributed by atoms with Crippen LogP contribution in [0.5, 0.6) is 0 Å². The number of ether oxygens (including phenoxy) is 2. The van der Waals surface area contributed by atoms with Gasteiger partial charge in [0.05, 0.1) is 29.0 Å². The van der Waals surface area contributed by atoms with E-state index in [4.69, 9.17) is 14.5 Å². The molecule has 1 aliphatic rings. The summed E-state index contributed by atoms with van der Waals surface area (Å²) in [5.41, 5.74) is 8.05. The lowest BCUT2D eigenvalue weighted by Gasteiger charge is -2.36. The van der Waals surface area contributed by atoms with Crippen molar-refractivity contribution in [3.63, 3.8) is 0 Å². The van der Waals surface area contributed by atoms with E-state index < -0.39 is 6.29 Å². The minimum Gasteiger partial charge on any atom is -0.392 e. The number of thioether (sulfide) groups is 1. The number of aliphatic hydroxyl groups is 1. The second-order valence-corrected chi connectivity index (χ2v) is 14.2. The second-order valence-electron chi connectivity index (χ2n) is 11.9. The van der Waals surface area contributed by atoms with E-state index in [0.29, 0.717) is 19.5 Å². The molecule has 3 atom stereocenters. The molecule has 248 valence electrons. The van der Waals surface area contributed by atoms with Gasteiger partial charge in [-0.3, -0.25) is 0 Å². The van der Waals surface area contributed by atoms with Crippen molar-refractivity contribution >= 4 is 39.3 Å². The molecule has 2 amide bonds. The Morgan fingerprint density at radius 1 is 0.776 bits per heavy atom. The predicted octanol–water partition coefficient (Wildman–Crippen LogP) is 8.79. The topological polar surface area (TPSA) is 92.7 Å². The number of fused-ring (bicyclic) bond motifs is 1. The summed E-state index contributed by atoms with van der Waals surface area (Å²) in [6.07, 6.45) is -0.0502. The zero-order valence-electron chi connectivity index (χ0n) is 26.8. The molecular weight excluding hydrogens is 651 g/mol. The average molecular weight is 688 g/mol. The highest BCUT2D eigenvalue weighted by Gasteiger charge is 2.32. The van der Waals surface area contributed by atoms with Crippen molar-refractivity contribution in [1.29, 1.82) is 0 Å². The number of urea groups is 1. The van der Waals surface area contributed by atoms with Gasteiger partial charge in [0.15, 0.2) is 10.6 Å². The third-order valence-corrected chi connectivity index (χ3v) is 10.8. The number of rotatable bonds is 11. The quantitative estimate of drug-likeness (QED) is 0.118. The third kappa shape index (κ3) is 8.39. The first-order valence-electron chi connectivity index (χ1n) is 16.3. The van der Waals surface area contributed by atoms with Crippen molar-refractivity contribution in [3.8, 4) is 11.1 Å². The number of aromatic nitrogens is 1. The van der Waals surface area contributed by atoms with Crippen LogP contribution >= 0.6 is 23.1 Å². The summed E-state index contributed by atoms with van der Waals surface area (Å²) in [5, 5.41) is 15.5.